The van der Waals surface area contributed by atoms with Crippen LogP contribution in [0, 0.1) is 5.92 Å². The molecule has 146 valence electrons. The predicted molar refractivity (Wildman–Crippen MR) is 115 cm³/mol. The number of hydrogen-bond donors (Lipinski definition) is 1. The van der Waals surface area contributed by atoms with Gasteiger partial charge < -0.3 is 9.84 Å². The molecule has 29 heavy (non-hydrogen) atoms. The lowest BCUT2D eigenvalue weighted by Gasteiger charge is -2.20. The third kappa shape index (κ3) is 3.99. The molecule has 5 nitrogen and oxygen atoms in total. The van der Waals surface area contributed by atoms with Crippen LogP contribution in [0.15, 0.2) is 65.3 Å². The second-order valence-corrected chi connectivity index (χ2v) is 7.80. The van der Waals surface area contributed by atoms with Crippen molar-refractivity contribution in [3.8, 4) is 11.3 Å². The largest absolute Gasteiger partial charge is 0.360 e. The zero-order valence-electron chi connectivity index (χ0n) is 16.3. The van der Waals surface area contributed by atoms with Gasteiger partial charge in [0, 0.05) is 29.3 Å². The van der Waals surface area contributed by atoms with Crippen LogP contribution in [0.3, 0.4) is 0 Å². The fraction of sp³-hybridized carbons (Fsp3) is 0.292. The van der Waals surface area contributed by atoms with Crippen LogP contribution in [-0.2, 0) is 6.42 Å². The van der Waals surface area contributed by atoms with Crippen molar-refractivity contribution in [1.29, 1.82) is 0 Å². The van der Waals surface area contributed by atoms with Gasteiger partial charge in [-0.3, -0.25) is 0 Å². The minimum atomic E-state index is 0.585. The lowest BCUT2D eigenvalue weighted by molar-refractivity contribution is 0.313. The van der Waals surface area contributed by atoms with Gasteiger partial charge in [-0.15, -0.1) is 0 Å². The van der Waals surface area contributed by atoms with Crippen molar-refractivity contribution < 1.29 is 4.52 Å². The van der Waals surface area contributed by atoms with Crippen molar-refractivity contribution in [2.45, 2.75) is 38.5 Å². The molecule has 1 N–H and O–H groups in total. The highest BCUT2D eigenvalue weighted by Gasteiger charge is 2.18. The summed E-state index contributed by atoms with van der Waals surface area (Å²) in [7, 11) is 0. The molecule has 0 atom stereocenters. The highest BCUT2D eigenvalue weighted by atomic mass is 16.5. The van der Waals surface area contributed by atoms with Crippen molar-refractivity contribution in [3.63, 3.8) is 0 Å². The Kier molecular flexibility index (Phi) is 4.95. The summed E-state index contributed by atoms with van der Waals surface area (Å²) in [6.07, 6.45) is 9.38. The normalized spacial score (nSPS) is 14.9. The molecule has 1 saturated carbocycles. The third-order valence-electron chi connectivity index (χ3n) is 5.73. The van der Waals surface area contributed by atoms with E-state index in [1.807, 2.05) is 48.5 Å². The Morgan fingerprint density at radius 2 is 1.83 bits per heavy atom. The van der Waals surface area contributed by atoms with Crippen LogP contribution < -0.4 is 5.32 Å². The van der Waals surface area contributed by atoms with Gasteiger partial charge in [0.05, 0.1) is 5.69 Å². The van der Waals surface area contributed by atoms with Gasteiger partial charge in [0.15, 0.2) is 0 Å². The van der Waals surface area contributed by atoms with Crippen LogP contribution in [0.1, 0.15) is 37.9 Å². The van der Waals surface area contributed by atoms with E-state index < -0.39 is 0 Å². The van der Waals surface area contributed by atoms with Crippen molar-refractivity contribution in [1.82, 2.24) is 15.1 Å². The van der Waals surface area contributed by atoms with Crippen LogP contribution in [0.2, 0.25) is 0 Å². The maximum Gasteiger partial charge on any atom is 0.227 e. The lowest BCUT2D eigenvalue weighted by Crippen LogP contribution is -2.08. The Hall–Kier alpha value is -3.21. The molecule has 0 bridgehead atoms. The summed E-state index contributed by atoms with van der Waals surface area (Å²) in [5.74, 6) is 2.30. The van der Waals surface area contributed by atoms with Gasteiger partial charge in [-0.25, -0.2) is 9.97 Å². The van der Waals surface area contributed by atoms with Crippen LogP contribution in [0.4, 0.5) is 11.6 Å². The van der Waals surface area contributed by atoms with Crippen LogP contribution in [0.25, 0.3) is 22.2 Å². The Bertz CT molecular complexity index is 1100. The number of fused-ring (bicyclic) bond motifs is 1. The lowest BCUT2D eigenvalue weighted by atomic mass is 9.86. The molecule has 5 heteroatoms. The van der Waals surface area contributed by atoms with Gasteiger partial charge in [-0.1, -0.05) is 61.5 Å². The molecule has 0 unspecified atom stereocenters. The van der Waals surface area contributed by atoms with E-state index in [0.29, 0.717) is 11.9 Å². The number of para-hydroxylation sites is 1. The summed E-state index contributed by atoms with van der Waals surface area (Å²) < 4.78 is 5.72. The van der Waals surface area contributed by atoms with Crippen LogP contribution in [-0.4, -0.2) is 15.1 Å². The van der Waals surface area contributed by atoms with E-state index in [-0.39, 0.29) is 0 Å². The maximum absolute atomic E-state index is 5.72. The Labute approximate surface area is 170 Å². The molecule has 5 rings (SSSR count). The van der Waals surface area contributed by atoms with E-state index in [2.05, 4.69) is 21.5 Å². The average molecular weight is 384 g/mol. The van der Waals surface area contributed by atoms with E-state index in [9.17, 15) is 0 Å². The quantitative estimate of drug-likeness (QED) is 0.447. The molecular weight excluding hydrogens is 360 g/mol. The van der Waals surface area contributed by atoms with Gasteiger partial charge >= 0.3 is 0 Å². The van der Waals surface area contributed by atoms with E-state index >= 15 is 0 Å². The van der Waals surface area contributed by atoms with Crippen molar-refractivity contribution in [2.24, 2.45) is 5.92 Å². The fourth-order valence-electron chi connectivity index (χ4n) is 4.18. The monoisotopic (exact) mass is 384 g/mol. The minimum absolute atomic E-state index is 0.585. The number of aromatic nitrogens is 3. The van der Waals surface area contributed by atoms with Gasteiger partial charge in [-0.2, -0.15) is 0 Å². The molecule has 0 aliphatic heterocycles. The Morgan fingerprint density at radius 1 is 0.966 bits per heavy atom. The molecule has 0 radical (unpaired) electrons. The molecule has 0 spiro atoms. The summed E-state index contributed by atoms with van der Waals surface area (Å²) >= 11 is 0. The predicted octanol–water partition coefficient (Wildman–Crippen LogP) is 6.15. The summed E-state index contributed by atoms with van der Waals surface area (Å²) in [6, 6.07) is 18.1. The zero-order valence-corrected chi connectivity index (χ0v) is 16.3. The number of anilines is 2. The molecule has 0 amide bonds. The molecular formula is C24H24N4O. The summed E-state index contributed by atoms with van der Waals surface area (Å²) in [4.78, 5) is 9.06. The highest BCUT2D eigenvalue weighted by Crippen LogP contribution is 2.31. The van der Waals surface area contributed by atoms with Crippen molar-refractivity contribution >= 4 is 22.5 Å². The summed E-state index contributed by atoms with van der Waals surface area (Å²) in [5, 5.41) is 8.63. The van der Waals surface area contributed by atoms with Crippen molar-refractivity contribution in [3.05, 3.63) is 66.6 Å². The first-order chi connectivity index (χ1) is 14.3. The number of benzene rings is 2. The highest BCUT2D eigenvalue weighted by molar-refractivity contribution is 5.85. The molecule has 4 aromatic rings. The molecule has 2 aromatic heterocycles. The first kappa shape index (κ1) is 17.9. The third-order valence-corrected chi connectivity index (χ3v) is 5.73. The van der Waals surface area contributed by atoms with Gasteiger partial charge in [0.2, 0.25) is 5.95 Å². The van der Waals surface area contributed by atoms with Crippen LogP contribution >= 0.6 is 0 Å². The second kappa shape index (κ2) is 8.03. The van der Waals surface area contributed by atoms with Crippen molar-refractivity contribution in [2.75, 3.05) is 5.32 Å². The Balaban J connectivity index is 1.42. The molecule has 0 saturated heterocycles. The minimum Gasteiger partial charge on any atom is -0.360 e. The van der Waals surface area contributed by atoms with Gasteiger partial charge in [0.1, 0.15) is 11.3 Å². The standard InChI is InChI=1S/C24H24N4O/c1-3-7-17(8-4-1)15-23-20-16-18(11-12-22(20)28-29-23)21-13-14-25-24(27-21)26-19-9-5-2-6-10-19/h2,5-6,9-14,16-17H,1,3-4,7-8,15H2,(H,25,26,27). The average Bonchev–Trinajstić information content (AvgIpc) is 3.17. The maximum atomic E-state index is 5.72. The second-order valence-electron chi connectivity index (χ2n) is 7.80. The van der Waals surface area contributed by atoms with Crippen LogP contribution in [0.5, 0.6) is 0 Å². The first-order valence-electron chi connectivity index (χ1n) is 10.4. The first-order valence-corrected chi connectivity index (χ1v) is 10.4. The van der Waals surface area contributed by atoms with E-state index in [0.717, 1.165) is 40.0 Å². The molecule has 1 fully saturated rings. The van der Waals surface area contributed by atoms with E-state index in [1.54, 1.807) is 6.20 Å². The molecule has 2 aromatic carbocycles. The summed E-state index contributed by atoms with van der Waals surface area (Å²) in [5.41, 5.74) is 3.81. The molecule has 2 heterocycles. The molecule has 1 aliphatic carbocycles. The Morgan fingerprint density at radius 3 is 2.69 bits per heavy atom. The number of nitrogens with one attached hydrogen (secondary N) is 1. The van der Waals surface area contributed by atoms with Gasteiger partial charge in [0.25, 0.3) is 0 Å². The smallest absolute Gasteiger partial charge is 0.227 e. The number of nitrogens with zero attached hydrogens (tertiary/aromatic N) is 3. The topological polar surface area (TPSA) is 63.8 Å². The van der Waals surface area contributed by atoms with E-state index in [1.165, 1.54) is 32.1 Å². The van der Waals surface area contributed by atoms with Gasteiger partial charge in [-0.05, 0) is 36.2 Å². The molecule has 1 aliphatic rings. The number of hydrogen-bond acceptors (Lipinski definition) is 5. The fourth-order valence-corrected chi connectivity index (χ4v) is 4.18. The zero-order chi connectivity index (χ0) is 19.5. The SMILES string of the molecule is c1ccc(Nc2nccc(-c3ccc4noc(CC5CCCCC5)c4c3)n2)cc1. The van der Waals surface area contributed by atoms with E-state index in [4.69, 9.17) is 9.51 Å². The summed E-state index contributed by atoms with van der Waals surface area (Å²) in [6.45, 7) is 0. The number of rotatable bonds is 5.